The number of fused-ring (bicyclic) bond motifs is 1. The molecule has 0 bridgehead atoms. The third-order valence-corrected chi connectivity index (χ3v) is 2.75. The maximum Gasteiger partial charge on any atom is 0.296 e. The number of hydrogen-bond acceptors (Lipinski definition) is 2. The van der Waals surface area contributed by atoms with Crippen LogP contribution in [0.25, 0.3) is 0 Å². The molecule has 3 nitrogen and oxygen atoms in total. The van der Waals surface area contributed by atoms with Crippen LogP contribution in [-0.4, -0.2) is 11.7 Å². The van der Waals surface area contributed by atoms with Crippen LogP contribution in [0.15, 0.2) is 16.6 Å². The molecule has 1 aromatic rings. The number of amides is 1. The molecule has 1 aliphatic rings. The minimum absolute atomic E-state index is 0.251. The molecule has 0 unspecified atom stereocenters. The van der Waals surface area contributed by atoms with Gasteiger partial charge in [0.2, 0.25) is 0 Å². The summed E-state index contributed by atoms with van der Waals surface area (Å²) in [6, 6.07) is 3.25. The third kappa shape index (κ3) is 1.17. The standard InChI is InChI=1S/C8H3BrClNO2/c9-3-1-2-4(10)5-6(3)11-8(13)7(5)12/h1-2H,(H,11,12,13). The molecule has 1 aliphatic heterocycles. The summed E-state index contributed by atoms with van der Waals surface area (Å²) < 4.78 is 0.658. The van der Waals surface area contributed by atoms with E-state index in [1.54, 1.807) is 12.1 Å². The lowest BCUT2D eigenvalue weighted by molar-refractivity contribution is -0.112. The van der Waals surface area contributed by atoms with Gasteiger partial charge >= 0.3 is 0 Å². The van der Waals surface area contributed by atoms with E-state index >= 15 is 0 Å². The van der Waals surface area contributed by atoms with Crippen LogP contribution in [0.5, 0.6) is 0 Å². The van der Waals surface area contributed by atoms with Gasteiger partial charge < -0.3 is 5.32 Å². The number of hydrogen-bond donors (Lipinski definition) is 1. The molecule has 0 aromatic heterocycles. The highest BCUT2D eigenvalue weighted by Crippen LogP contribution is 2.35. The number of nitrogens with one attached hydrogen (secondary N) is 1. The summed E-state index contributed by atoms with van der Waals surface area (Å²) >= 11 is 8.98. The van der Waals surface area contributed by atoms with Crippen molar-refractivity contribution in [2.24, 2.45) is 0 Å². The Morgan fingerprint density at radius 2 is 2.00 bits per heavy atom. The van der Waals surface area contributed by atoms with Gasteiger partial charge in [-0.1, -0.05) is 11.6 Å². The normalized spacial score (nSPS) is 14.3. The summed E-state index contributed by atoms with van der Waals surface area (Å²) in [7, 11) is 0. The van der Waals surface area contributed by atoms with Crippen LogP contribution >= 0.6 is 27.5 Å². The summed E-state index contributed by atoms with van der Waals surface area (Å²) in [5.41, 5.74) is 0.712. The second-order valence-electron chi connectivity index (χ2n) is 2.56. The van der Waals surface area contributed by atoms with E-state index in [1.807, 2.05) is 0 Å². The van der Waals surface area contributed by atoms with Crippen molar-refractivity contribution in [2.45, 2.75) is 0 Å². The topological polar surface area (TPSA) is 46.2 Å². The molecule has 13 heavy (non-hydrogen) atoms. The number of carbonyl (C=O) groups is 2. The van der Waals surface area contributed by atoms with Gasteiger partial charge in [-0.2, -0.15) is 0 Å². The van der Waals surface area contributed by atoms with E-state index in [4.69, 9.17) is 11.6 Å². The summed E-state index contributed by atoms with van der Waals surface area (Å²) in [5.74, 6) is -1.22. The van der Waals surface area contributed by atoms with Gasteiger partial charge in [0.1, 0.15) is 0 Å². The molecule has 1 aromatic carbocycles. The van der Waals surface area contributed by atoms with Gasteiger partial charge in [0, 0.05) is 4.47 Å². The van der Waals surface area contributed by atoms with Crippen molar-refractivity contribution in [3.05, 3.63) is 27.2 Å². The Bertz CT molecular complexity index is 430. The fraction of sp³-hybridized carbons (Fsp3) is 0. The molecule has 1 N–H and O–H groups in total. The van der Waals surface area contributed by atoms with Gasteiger partial charge in [-0.15, -0.1) is 0 Å². The van der Waals surface area contributed by atoms with E-state index in [0.29, 0.717) is 15.2 Å². The number of carbonyl (C=O) groups excluding carboxylic acids is 2. The third-order valence-electron chi connectivity index (χ3n) is 1.78. The van der Waals surface area contributed by atoms with Crippen LogP contribution in [0.1, 0.15) is 10.4 Å². The van der Waals surface area contributed by atoms with E-state index < -0.39 is 11.7 Å². The first kappa shape index (κ1) is 8.72. The SMILES string of the molecule is O=C1Nc2c(Br)ccc(Cl)c2C1=O. The molecule has 0 radical (unpaired) electrons. The van der Waals surface area contributed by atoms with Crippen LogP contribution in [0, 0.1) is 0 Å². The minimum Gasteiger partial charge on any atom is -0.317 e. The zero-order valence-electron chi connectivity index (χ0n) is 6.23. The molecule has 0 atom stereocenters. The largest absolute Gasteiger partial charge is 0.317 e. The average Bonchev–Trinajstić information content (AvgIpc) is 2.38. The van der Waals surface area contributed by atoms with Crippen molar-refractivity contribution in [2.75, 3.05) is 5.32 Å². The van der Waals surface area contributed by atoms with Gasteiger partial charge in [0.05, 0.1) is 16.3 Å². The fourth-order valence-electron chi connectivity index (χ4n) is 1.18. The molecule has 0 saturated carbocycles. The second-order valence-corrected chi connectivity index (χ2v) is 3.82. The van der Waals surface area contributed by atoms with Crippen LogP contribution in [0.4, 0.5) is 5.69 Å². The number of rotatable bonds is 0. The first-order valence-corrected chi connectivity index (χ1v) is 4.62. The Morgan fingerprint density at radius 3 is 2.62 bits per heavy atom. The highest BCUT2D eigenvalue weighted by molar-refractivity contribution is 9.10. The Balaban J connectivity index is 2.75. The van der Waals surface area contributed by atoms with E-state index in [9.17, 15) is 9.59 Å². The van der Waals surface area contributed by atoms with Crippen LogP contribution in [0.3, 0.4) is 0 Å². The lowest BCUT2D eigenvalue weighted by Crippen LogP contribution is -2.12. The molecule has 0 fully saturated rings. The maximum atomic E-state index is 11.3. The number of Topliss-reactive ketones (excluding diaryl/α,β-unsaturated/α-hetero) is 1. The minimum atomic E-state index is -0.635. The predicted molar refractivity (Wildman–Crippen MR) is 52.1 cm³/mol. The highest BCUT2D eigenvalue weighted by atomic mass is 79.9. The molecular weight excluding hydrogens is 257 g/mol. The average molecular weight is 260 g/mol. The molecule has 0 aliphatic carbocycles. The lowest BCUT2D eigenvalue weighted by atomic mass is 10.1. The maximum absolute atomic E-state index is 11.3. The van der Waals surface area contributed by atoms with E-state index in [1.165, 1.54) is 0 Å². The van der Waals surface area contributed by atoms with Gasteiger partial charge in [0.15, 0.2) is 0 Å². The van der Waals surface area contributed by atoms with Crippen molar-refractivity contribution < 1.29 is 9.59 Å². The Kier molecular flexibility index (Phi) is 1.89. The Hall–Kier alpha value is -0.870. The summed E-state index contributed by atoms with van der Waals surface area (Å²) in [6.45, 7) is 0. The number of anilines is 1. The molecule has 1 heterocycles. The molecule has 0 saturated heterocycles. The van der Waals surface area contributed by atoms with Gasteiger partial charge in [0.25, 0.3) is 11.7 Å². The quantitative estimate of drug-likeness (QED) is 0.727. The van der Waals surface area contributed by atoms with Crippen molar-refractivity contribution in [1.82, 2.24) is 0 Å². The second kappa shape index (κ2) is 2.82. The van der Waals surface area contributed by atoms with E-state index in [2.05, 4.69) is 21.2 Å². The molecule has 5 heteroatoms. The summed E-state index contributed by atoms with van der Waals surface area (Å²) in [6.07, 6.45) is 0. The molecular formula is C8H3BrClNO2. The first-order valence-electron chi connectivity index (χ1n) is 3.45. The monoisotopic (exact) mass is 259 g/mol. The van der Waals surface area contributed by atoms with E-state index in [-0.39, 0.29) is 5.56 Å². The molecule has 1 amide bonds. The zero-order chi connectivity index (χ0) is 9.59. The van der Waals surface area contributed by atoms with Crippen molar-refractivity contribution in [1.29, 1.82) is 0 Å². The van der Waals surface area contributed by atoms with Crippen molar-refractivity contribution in [3.63, 3.8) is 0 Å². The first-order chi connectivity index (χ1) is 6.11. The predicted octanol–water partition coefficient (Wildman–Crippen LogP) is 2.24. The summed E-state index contributed by atoms with van der Waals surface area (Å²) in [4.78, 5) is 22.2. The van der Waals surface area contributed by atoms with Gasteiger partial charge in [-0.25, -0.2) is 0 Å². The van der Waals surface area contributed by atoms with Crippen molar-refractivity contribution in [3.8, 4) is 0 Å². The van der Waals surface area contributed by atoms with Gasteiger partial charge in [-0.05, 0) is 28.1 Å². The lowest BCUT2D eigenvalue weighted by Gasteiger charge is -2.00. The van der Waals surface area contributed by atoms with Gasteiger partial charge in [-0.3, -0.25) is 9.59 Å². The fourth-order valence-corrected chi connectivity index (χ4v) is 1.85. The Labute approximate surface area is 87.2 Å². The molecule has 0 spiro atoms. The zero-order valence-corrected chi connectivity index (χ0v) is 8.57. The molecule has 2 rings (SSSR count). The molecule has 66 valence electrons. The highest BCUT2D eigenvalue weighted by Gasteiger charge is 2.31. The number of halogens is 2. The van der Waals surface area contributed by atoms with Crippen LogP contribution in [-0.2, 0) is 4.79 Å². The number of ketones is 1. The Morgan fingerprint density at radius 1 is 1.31 bits per heavy atom. The van der Waals surface area contributed by atoms with E-state index in [0.717, 1.165) is 0 Å². The number of benzene rings is 1. The van der Waals surface area contributed by atoms with Crippen LogP contribution < -0.4 is 5.32 Å². The smallest absolute Gasteiger partial charge is 0.296 e. The van der Waals surface area contributed by atoms with Crippen LogP contribution in [0.2, 0.25) is 5.02 Å². The summed E-state index contributed by atoms with van der Waals surface area (Å²) in [5, 5.41) is 2.73. The van der Waals surface area contributed by atoms with Crippen molar-refractivity contribution >= 4 is 44.9 Å².